The predicted molar refractivity (Wildman–Crippen MR) is 127 cm³/mol. The molecule has 0 amide bonds. The topological polar surface area (TPSA) is 114 Å². The van der Waals surface area contributed by atoms with Gasteiger partial charge in [-0.05, 0) is 43.7 Å². The number of non-ortho nitro benzene ring substituents is 1. The molecule has 0 fully saturated rings. The van der Waals surface area contributed by atoms with E-state index in [1.807, 2.05) is 13.0 Å². The number of nitro groups is 1. The largest absolute Gasteiger partial charge is 0.279 e. The first-order valence-corrected chi connectivity index (χ1v) is 11.4. The van der Waals surface area contributed by atoms with Gasteiger partial charge in [-0.25, -0.2) is 8.42 Å². The monoisotopic (exact) mass is 492 g/mol. The fourth-order valence-electron chi connectivity index (χ4n) is 2.87. The molecule has 166 valence electrons. The second-order valence-corrected chi connectivity index (χ2v) is 9.33. The normalized spacial score (nSPS) is 11.5. The maximum Gasteiger partial charge on any atom is 0.270 e. The zero-order chi connectivity index (χ0) is 23.5. The summed E-state index contributed by atoms with van der Waals surface area (Å²) in [6.07, 6.45) is 1.33. The number of hydrazone groups is 1. The number of halogens is 2. The molecule has 2 N–H and O–H groups in total. The van der Waals surface area contributed by atoms with E-state index < -0.39 is 14.9 Å². The lowest BCUT2D eigenvalue weighted by Crippen LogP contribution is -2.16. The van der Waals surface area contributed by atoms with E-state index in [-0.39, 0.29) is 16.3 Å². The Kier molecular flexibility index (Phi) is 7.02. The molecule has 0 atom stereocenters. The number of nitrogens with one attached hydrogen (secondary N) is 2. The first-order chi connectivity index (χ1) is 15.1. The average Bonchev–Trinajstić information content (AvgIpc) is 2.72. The number of sulfonamides is 1. The van der Waals surface area contributed by atoms with Gasteiger partial charge in [0.1, 0.15) is 4.90 Å². The van der Waals surface area contributed by atoms with Crippen molar-refractivity contribution in [3.8, 4) is 0 Å². The molecule has 0 saturated heterocycles. The van der Waals surface area contributed by atoms with E-state index in [0.717, 1.165) is 11.6 Å². The number of hydrogen-bond donors (Lipinski definition) is 2. The minimum absolute atomic E-state index is 0.0345. The van der Waals surface area contributed by atoms with E-state index in [4.69, 9.17) is 23.2 Å². The molecule has 8 nitrogen and oxygen atoms in total. The SMILES string of the molecule is Cc1ccc(NS(=O)(=O)c2cc([N+](=O)[O-])ccc2NN=Cc2c(Cl)cccc2Cl)c(C)c1. The molecule has 3 aromatic rings. The van der Waals surface area contributed by atoms with Gasteiger partial charge in [-0.2, -0.15) is 5.10 Å². The van der Waals surface area contributed by atoms with Crippen LogP contribution in [0.3, 0.4) is 0 Å². The zero-order valence-corrected chi connectivity index (χ0v) is 19.3. The molecule has 0 radical (unpaired) electrons. The molecule has 0 heterocycles. The summed E-state index contributed by atoms with van der Waals surface area (Å²) in [5.74, 6) is 0. The summed E-state index contributed by atoms with van der Waals surface area (Å²) in [5, 5.41) is 16.0. The van der Waals surface area contributed by atoms with Gasteiger partial charge in [-0.15, -0.1) is 0 Å². The Labute approximate surface area is 195 Å². The maximum atomic E-state index is 13.1. The van der Waals surface area contributed by atoms with Crippen molar-refractivity contribution in [2.45, 2.75) is 18.7 Å². The molecule has 0 aliphatic carbocycles. The molecular weight excluding hydrogens is 475 g/mol. The number of hydrogen-bond acceptors (Lipinski definition) is 6. The Morgan fingerprint density at radius 1 is 1.00 bits per heavy atom. The summed E-state index contributed by atoms with van der Waals surface area (Å²) in [7, 11) is -4.19. The molecule has 3 aromatic carbocycles. The summed E-state index contributed by atoms with van der Waals surface area (Å²) in [5.41, 5.74) is 4.73. The van der Waals surface area contributed by atoms with Crippen LogP contribution in [0, 0.1) is 24.0 Å². The van der Waals surface area contributed by atoms with Crippen molar-refractivity contribution >= 4 is 56.5 Å². The third-order valence-electron chi connectivity index (χ3n) is 4.47. The van der Waals surface area contributed by atoms with E-state index in [1.54, 1.807) is 37.3 Å². The Bertz CT molecular complexity index is 1310. The maximum absolute atomic E-state index is 13.1. The lowest BCUT2D eigenvalue weighted by Gasteiger charge is -2.14. The number of nitro benzene ring substituents is 1. The van der Waals surface area contributed by atoms with E-state index in [0.29, 0.717) is 26.9 Å². The van der Waals surface area contributed by atoms with E-state index in [1.165, 1.54) is 18.3 Å². The first-order valence-electron chi connectivity index (χ1n) is 9.20. The highest BCUT2D eigenvalue weighted by molar-refractivity contribution is 7.92. The van der Waals surface area contributed by atoms with Crippen LogP contribution < -0.4 is 10.1 Å². The summed E-state index contributed by atoms with van der Waals surface area (Å²) < 4.78 is 28.7. The van der Waals surface area contributed by atoms with Crippen LogP contribution >= 0.6 is 23.2 Å². The van der Waals surface area contributed by atoms with Gasteiger partial charge in [0.15, 0.2) is 0 Å². The molecule has 3 rings (SSSR count). The van der Waals surface area contributed by atoms with Crippen LogP contribution in [0.15, 0.2) is 64.6 Å². The third-order valence-corrected chi connectivity index (χ3v) is 6.53. The minimum atomic E-state index is -4.19. The lowest BCUT2D eigenvalue weighted by atomic mass is 10.1. The van der Waals surface area contributed by atoms with Gasteiger partial charge in [-0.1, -0.05) is 47.0 Å². The molecule has 0 bridgehead atoms. The van der Waals surface area contributed by atoms with Crippen LogP contribution in [0.5, 0.6) is 0 Å². The molecular formula is C21H18Cl2N4O4S. The molecule has 0 saturated carbocycles. The fourth-order valence-corrected chi connectivity index (χ4v) is 4.67. The second-order valence-electron chi connectivity index (χ2n) is 6.87. The van der Waals surface area contributed by atoms with Crippen molar-refractivity contribution in [2.75, 3.05) is 10.1 Å². The number of nitrogens with zero attached hydrogens (tertiary/aromatic N) is 2. The summed E-state index contributed by atoms with van der Waals surface area (Å²) in [6.45, 7) is 3.65. The zero-order valence-electron chi connectivity index (χ0n) is 17.0. The predicted octanol–water partition coefficient (Wildman–Crippen LogP) is 5.77. The van der Waals surface area contributed by atoms with Gasteiger partial charge < -0.3 is 0 Å². The standard InChI is InChI=1S/C21H18Cl2N4O4S/c1-13-6-8-19(14(2)10-13)26-32(30,31)21-11-15(27(28)29)7-9-20(21)25-24-12-16-17(22)4-3-5-18(16)23/h3-12,25-26H,1-2H3. The smallest absolute Gasteiger partial charge is 0.270 e. The number of aryl methyl sites for hydroxylation is 2. The Morgan fingerprint density at radius 2 is 1.66 bits per heavy atom. The van der Waals surface area contributed by atoms with Crippen molar-refractivity contribution in [1.82, 2.24) is 0 Å². The summed E-state index contributed by atoms with van der Waals surface area (Å²) in [4.78, 5) is 10.2. The van der Waals surface area contributed by atoms with Crippen LogP contribution in [0.1, 0.15) is 16.7 Å². The van der Waals surface area contributed by atoms with Gasteiger partial charge in [0.05, 0.1) is 32.6 Å². The number of anilines is 2. The van der Waals surface area contributed by atoms with Crippen molar-refractivity contribution in [3.63, 3.8) is 0 Å². The molecule has 0 spiro atoms. The molecule has 11 heteroatoms. The van der Waals surface area contributed by atoms with Crippen LogP contribution in [0.25, 0.3) is 0 Å². The van der Waals surface area contributed by atoms with Crippen LogP contribution in [0.2, 0.25) is 10.0 Å². The van der Waals surface area contributed by atoms with Crippen LogP contribution in [-0.4, -0.2) is 19.6 Å². The van der Waals surface area contributed by atoms with Crippen molar-refractivity contribution < 1.29 is 13.3 Å². The third kappa shape index (κ3) is 5.37. The lowest BCUT2D eigenvalue weighted by molar-refractivity contribution is -0.385. The average molecular weight is 493 g/mol. The first kappa shape index (κ1) is 23.5. The van der Waals surface area contributed by atoms with Crippen molar-refractivity contribution in [2.24, 2.45) is 5.10 Å². The van der Waals surface area contributed by atoms with E-state index in [2.05, 4.69) is 15.2 Å². The Morgan fingerprint density at radius 3 is 2.28 bits per heavy atom. The van der Waals surface area contributed by atoms with E-state index in [9.17, 15) is 18.5 Å². The van der Waals surface area contributed by atoms with Gasteiger partial charge in [0.2, 0.25) is 0 Å². The molecule has 0 aliphatic heterocycles. The number of benzene rings is 3. The fraction of sp³-hybridized carbons (Fsp3) is 0.0952. The number of rotatable bonds is 7. The summed E-state index contributed by atoms with van der Waals surface area (Å²) in [6, 6.07) is 13.5. The Hall–Kier alpha value is -3.14. The highest BCUT2D eigenvalue weighted by Gasteiger charge is 2.23. The van der Waals surface area contributed by atoms with Crippen LogP contribution in [-0.2, 0) is 10.0 Å². The Balaban J connectivity index is 1.99. The molecule has 0 aliphatic rings. The molecule has 0 aromatic heterocycles. The quantitative estimate of drug-likeness (QED) is 0.247. The van der Waals surface area contributed by atoms with Gasteiger partial charge in [0, 0.05) is 17.7 Å². The molecule has 32 heavy (non-hydrogen) atoms. The second kappa shape index (κ2) is 9.56. The highest BCUT2D eigenvalue weighted by Crippen LogP contribution is 2.29. The van der Waals surface area contributed by atoms with Crippen LogP contribution in [0.4, 0.5) is 17.1 Å². The summed E-state index contributed by atoms with van der Waals surface area (Å²) >= 11 is 12.2. The van der Waals surface area contributed by atoms with Gasteiger partial charge in [0.25, 0.3) is 15.7 Å². The van der Waals surface area contributed by atoms with Gasteiger partial charge >= 0.3 is 0 Å². The minimum Gasteiger partial charge on any atom is -0.279 e. The van der Waals surface area contributed by atoms with Crippen molar-refractivity contribution in [3.05, 3.63) is 91.4 Å². The van der Waals surface area contributed by atoms with Gasteiger partial charge in [-0.3, -0.25) is 20.3 Å². The van der Waals surface area contributed by atoms with E-state index >= 15 is 0 Å². The molecule has 0 unspecified atom stereocenters. The highest BCUT2D eigenvalue weighted by atomic mass is 35.5. The van der Waals surface area contributed by atoms with Crippen molar-refractivity contribution in [1.29, 1.82) is 0 Å².